The minimum Gasteiger partial charge on any atom is -0.436 e. The van der Waals surface area contributed by atoms with E-state index in [4.69, 9.17) is 18.8 Å². The number of benzene rings is 9. The van der Waals surface area contributed by atoms with Crippen LogP contribution < -0.4 is 4.90 Å². The fraction of sp³-hybridized carbons (Fsp3) is 0. The highest BCUT2D eigenvalue weighted by Gasteiger charge is 2.20. The van der Waals surface area contributed by atoms with Crippen LogP contribution in [0.25, 0.3) is 93.8 Å². The molecule has 0 aliphatic carbocycles. The maximum absolute atomic E-state index is 6.40. The third-order valence-corrected chi connectivity index (χ3v) is 11.0. The van der Waals surface area contributed by atoms with Gasteiger partial charge in [0.15, 0.2) is 11.2 Å². The van der Waals surface area contributed by atoms with E-state index in [9.17, 15) is 0 Å². The molecule has 12 aromatic rings. The maximum Gasteiger partial charge on any atom is 0.307 e. The van der Waals surface area contributed by atoms with E-state index in [0.29, 0.717) is 23.1 Å². The van der Waals surface area contributed by atoms with Crippen LogP contribution in [-0.2, 0) is 0 Å². The number of oxazole rings is 2. The van der Waals surface area contributed by atoms with Crippen molar-refractivity contribution in [3.05, 3.63) is 182 Å². The molecule has 3 heterocycles. The highest BCUT2D eigenvalue weighted by Crippen LogP contribution is 2.42. The maximum atomic E-state index is 6.40. The second-order valence-corrected chi connectivity index (χ2v) is 14.2. The van der Waals surface area contributed by atoms with Crippen LogP contribution in [0, 0.1) is 0 Å². The monoisotopic (exact) mass is 718 g/mol. The van der Waals surface area contributed by atoms with Gasteiger partial charge in [-0.1, -0.05) is 109 Å². The van der Waals surface area contributed by atoms with Crippen molar-refractivity contribution in [2.24, 2.45) is 0 Å². The predicted octanol–water partition coefficient (Wildman–Crippen LogP) is 13.7. The fourth-order valence-corrected chi connectivity index (χ4v) is 8.51. The second-order valence-electron chi connectivity index (χ2n) is 14.2. The van der Waals surface area contributed by atoms with Gasteiger partial charge in [0.05, 0.1) is 11.0 Å². The van der Waals surface area contributed by atoms with Gasteiger partial charge in [0.2, 0.25) is 5.89 Å². The molecule has 56 heavy (non-hydrogen) atoms. The van der Waals surface area contributed by atoms with E-state index in [1.807, 2.05) is 42.5 Å². The van der Waals surface area contributed by atoms with Crippen LogP contribution in [-0.4, -0.2) is 14.5 Å². The molecule has 262 valence electrons. The van der Waals surface area contributed by atoms with E-state index < -0.39 is 0 Å². The molecular weight excluding hydrogens is 689 g/mol. The van der Waals surface area contributed by atoms with E-state index in [2.05, 4.69) is 149 Å². The Morgan fingerprint density at radius 3 is 1.59 bits per heavy atom. The lowest BCUT2D eigenvalue weighted by molar-refractivity contribution is 0.574. The van der Waals surface area contributed by atoms with Crippen LogP contribution in [0.3, 0.4) is 0 Å². The first-order valence-electron chi connectivity index (χ1n) is 18.7. The van der Waals surface area contributed by atoms with Crippen molar-refractivity contribution in [2.75, 3.05) is 4.90 Å². The lowest BCUT2D eigenvalue weighted by Gasteiger charge is -2.26. The first-order chi connectivity index (χ1) is 27.7. The van der Waals surface area contributed by atoms with Crippen molar-refractivity contribution >= 4 is 93.4 Å². The van der Waals surface area contributed by atoms with Crippen molar-refractivity contribution in [1.29, 1.82) is 0 Å². The average molecular weight is 719 g/mol. The summed E-state index contributed by atoms with van der Waals surface area (Å²) < 4.78 is 14.9. The standard InChI is InChI=1S/C50H30N4O2/c1-2-12-32(13-3-1)53(33-23-25-39-37-16-5-4-14-35(37)36-15-6-7-17-38(36)42(39)29-33)34-24-27-47-44(30-34)51-49(55-47)31-22-26-48-43(28-31)52-50(56-48)54-45-20-10-8-18-40(45)41-19-9-11-21-46(41)54/h1-30H. The first kappa shape index (κ1) is 30.7. The Hall–Kier alpha value is -7.70. The SMILES string of the molecule is c1ccc(N(c2ccc3oc(-c4ccc5oc(-n6c7ccccc7c7ccccc76)nc5c4)nc3c2)c2ccc3c4ccccc4c4ccccc4c3c2)cc1. The Labute approximate surface area is 320 Å². The van der Waals surface area contributed by atoms with Crippen LogP contribution in [0.5, 0.6) is 0 Å². The number of rotatable bonds is 5. The van der Waals surface area contributed by atoms with Crippen molar-refractivity contribution in [3.8, 4) is 17.5 Å². The number of para-hydroxylation sites is 3. The van der Waals surface area contributed by atoms with Crippen molar-refractivity contribution in [1.82, 2.24) is 14.5 Å². The van der Waals surface area contributed by atoms with Crippen molar-refractivity contribution in [2.45, 2.75) is 0 Å². The highest BCUT2D eigenvalue weighted by molar-refractivity contribution is 6.25. The van der Waals surface area contributed by atoms with Gasteiger partial charge in [0.1, 0.15) is 11.0 Å². The summed E-state index contributed by atoms with van der Waals surface area (Å²) in [5.41, 5.74) is 8.91. The number of hydrogen-bond acceptors (Lipinski definition) is 5. The largest absolute Gasteiger partial charge is 0.436 e. The second kappa shape index (κ2) is 11.9. The molecule has 0 radical (unpaired) electrons. The van der Waals surface area contributed by atoms with Crippen LogP contribution in [0.15, 0.2) is 191 Å². The van der Waals surface area contributed by atoms with Crippen LogP contribution >= 0.6 is 0 Å². The molecule has 0 saturated heterocycles. The lowest BCUT2D eigenvalue weighted by Crippen LogP contribution is -2.09. The topological polar surface area (TPSA) is 60.2 Å². The van der Waals surface area contributed by atoms with E-state index in [1.165, 1.54) is 32.3 Å². The van der Waals surface area contributed by atoms with Gasteiger partial charge in [0, 0.05) is 33.4 Å². The van der Waals surface area contributed by atoms with Gasteiger partial charge in [-0.05, 0) is 105 Å². The summed E-state index contributed by atoms with van der Waals surface area (Å²) >= 11 is 0. The Bertz CT molecular complexity index is 3420. The molecule has 12 rings (SSSR count). The molecule has 0 aliphatic heterocycles. The molecule has 0 unspecified atom stereocenters. The summed E-state index contributed by atoms with van der Waals surface area (Å²) in [7, 11) is 0. The number of anilines is 3. The Morgan fingerprint density at radius 1 is 0.375 bits per heavy atom. The third kappa shape index (κ3) is 4.63. The molecule has 3 aromatic heterocycles. The van der Waals surface area contributed by atoms with Gasteiger partial charge in [-0.2, -0.15) is 4.98 Å². The molecule has 0 saturated carbocycles. The zero-order chi connectivity index (χ0) is 36.7. The van der Waals surface area contributed by atoms with E-state index in [-0.39, 0.29) is 0 Å². The zero-order valence-electron chi connectivity index (χ0n) is 29.9. The molecule has 0 spiro atoms. The van der Waals surface area contributed by atoms with Crippen molar-refractivity contribution in [3.63, 3.8) is 0 Å². The van der Waals surface area contributed by atoms with Crippen LogP contribution in [0.1, 0.15) is 0 Å². The van der Waals surface area contributed by atoms with Gasteiger partial charge in [-0.15, -0.1) is 0 Å². The van der Waals surface area contributed by atoms with Gasteiger partial charge >= 0.3 is 6.01 Å². The quantitative estimate of drug-likeness (QED) is 0.166. The van der Waals surface area contributed by atoms with Gasteiger partial charge in [-0.25, -0.2) is 4.98 Å². The molecule has 0 N–H and O–H groups in total. The molecule has 0 fully saturated rings. The minimum atomic E-state index is 0.521. The first-order valence-corrected chi connectivity index (χ1v) is 18.7. The van der Waals surface area contributed by atoms with Crippen molar-refractivity contribution < 1.29 is 8.83 Å². The number of fused-ring (bicyclic) bond motifs is 11. The minimum absolute atomic E-state index is 0.521. The predicted molar refractivity (Wildman–Crippen MR) is 229 cm³/mol. The molecule has 0 bridgehead atoms. The summed E-state index contributed by atoms with van der Waals surface area (Å²) in [5, 5.41) is 9.77. The zero-order valence-corrected chi connectivity index (χ0v) is 29.9. The van der Waals surface area contributed by atoms with Gasteiger partial charge in [-0.3, -0.25) is 4.57 Å². The number of aromatic nitrogens is 3. The van der Waals surface area contributed by atoms with Gasteiger partial charge in [0.25, 0.3) is 0 Å². The number of nitrogens with zero attached hydrogens (tertiary/aromatic N) is 4. The molecule has 6 heteroatoms. The molecule has 6 nitrogen and oxygen atoms in total. The Balaban J connectivity index is 0.962. The summed E-state index contributed by atoms with van der Waals surface area (Å²) in [6.07, 6.45) is 0. The average Bonchev–Trinajstić information content (AvgIpc) is 3.97. The molecule has 0 amide bonds. The summed E-state index contributed by atoms with van der Waals surface area (Å²) in [6, 6.07) is 64.0. The smallest absolute Gasteiger partial charge is 0.307 e. The number of hydrogen-bond donors (Lipinski definition) is 0. The fourth-order valence-electron chi connectivity index (χ4n) is 8.51. The highest BCUT2D eigenvalue weighted by atomic mass is 16.4. The Kier molecular flexibility index (Phi) is 6.53. The third-order valence-electron chi connectivity index (χ3n) is 11.0. The lowest BCUT2D eigenvalue weighted by atomic mass is 9.94. The van der Waals surface area contributed by atoms with Crippen LogP contribution in [0.2, 0.25) is 0 Å². The normalized spacial score (nSPS) is 11.9. The van der Waals surface area contributed by atoms with E-state index >= 15 is 0 Å². The summed E-state index contributed by atoms with van der Waals surface area (Å²) in [4.78, 5) is 12.3. The molecule has 0 atom stereocenters. The molecule has 9 aromatic carbocycles. The van der Waals surface area contributed by atoms with Crippen LogP contribution in [0.4, 0.5) is 17.1 Å². The Morgan fingerprint density at radius 2 is 0.893 bits per heavy atom. The molecular formula is C50H30N4O2. The molecule has 0 aliphatic rings. The van der Waals surface area contributed by atoms with Gasteiger partial charge < -0.3 is 13.7 Å². The van der Waals surface area contributed by atoms with E-state index in [0.717, 1.165) is 55.5 Å². The summed E-state index contributed by atoms with van der Waals surface area (Å²) in [6.45, 7) is 0. The van der Waals surface area contributed by atoms with E-state index in [1.54, 1.807) is 0 Å². The summed E-state index contributed by atoms with van der Waals surface area (Å²) in [5.74, 6) is 0.524.